The van der Waals surface area contributed by atoms with Crippen molar-refractivity contribution in [3.63, 3.8) is 0 Å². The third kappa shape index (κ3) is 4.07. The molecular weight excluding hydrogens is 372 g/mol. The lowest BCUT2D eigenvalue weighted by Crippen LogP contribution is -2.26. The van der Waals surface area contributed by atoms with Crippen LogP contribution < -0.4 is 9.62 Å². The van der Waals surface area contributed by atoms with E-state index in [1.54, 1.807) is 42.5 Å². The van der Waals surface area contributed by atoms with Crippen molar-refractivity contribution in [2.75, 3.05) is 16.7 Å². The van der Waals surface area contributed by atoms with Crippen LogP contribution in [0.5, 0.6) is 0 Å². The van der Waals surface area contributed by atoms with Gasteiger partial charge in [-0.3, -0.25) is 9.10 Å². The largest absolute Gasteiger partial charge is 0.322 e. The van der Waals surface area contributed by atoms with Crippen LogP contribution in [0.1, 0.15) is 21.5 Å². The summed E-state index contributed by atoms with van der Waals surface area (Å²) < 4.78 is 27.1. The van der Waals surface area contributed by atoms with E-state index in [9.17, 15) is 13.2 Å². The van der Waals surface area contributed by atoms with Crippen molar-refractivity contribution >= 4 is 27.3 Å². The van der Waals surface area contributed by atoms with Crippen LogP contribution in [0.3, 0.4) is 0 Å². The third-order valence-corrected chi connectivity index (χ3v) is 6.28. The van der Waals surface area contributed by atoms with E-state index in [0.717, 1.165) is 11.1 Å². The van der Waals surface area contributed by atoms with E-state index in [-0.39, 0.29) is 10.8 Å². The minimum Gasteiger partial charge on any atom is -0.322 e. The highest BCUT2D eigenvalue weighted by Gasteiger charge is 2.21. The maximum Gasteiger partial charge on any atom is 0.264 e. The SMILES string of the molecule is Cc1ccc(C(=O)Nc2cccc(S(=O)(=O)N(C)c3ccccc3)c2)c(C)c1. The minimum absolute atomic E-state index is 0.109. The molecule has 0 radical (unpaired) electrons. The molecule has 0 heterocycles. The van der Waals surface area contributed by atoms with E-state index in [1.807, 2.05) is 32.0 Å². The first-order valence-corrected chi connectivity index (χ1v) is 10.3. The summed E-state index contributed by atoms with van der Waals surface area (Å²) in [6.45, 7) is 3.84. The lowest BCUT2D eigenvalue weighted by molar-refractivity contribution is 0.102. The van der Waals surface area contributed by atoms with Crippen molar-refractivity contribution in [1.82, 2.24) is 0 Å². The Labute approximate surface area is 165 Å². The summed E-state index contributed by atoms with van der Waals surface area (Å²) in [6, 6.07) is 20.7. The number of carbonyl (C=O) groups excluding carboxylic acids is 1. The number of rotatable bonds is 5. The Bertz CT molecular complexity index is 1110. The Morgan fingerprint density at radius 2 is 1.61 bits per heavy atom. The first-order valence-electron chi connectivity index (χ1n) is 8.82. The van der Waals surface area contributed by atoms with Gasteiger partial charge in [-0.25, -0.2) is 8.42 Å². The molecule has 3 aromatic carbocycles. The predicted octanol–water partition coefficient (Wildman–Crippen LogP) is 4.38. The summed E-state index contributed by atoms with van der Waals surface area (Å²) in [5.74, 6) is -0.275. The van der Waals surface area contributed by atoms with Gasteiger partial charge in [-0.1, -0.05) is 42.0 Å². The lowest BCUT2D eigenvalue weighted by Gasteiger charge is -2.20. The molecule has 0 unspecified atom stereocenters. The highest BCUT2D eigenvalue weighted by atomic mass is 32.2. The fourth-order valence-electron chi connectivity index (χ4n) is 2.94. The van der Waals surface area contributed by atoms with Gasteiger partial charge in [0.25, 0.3) is 15.9 Å². The molecule has 3 aromatic rings. The molecule has 0 aliphatic heterocycles. The number of anilines is 2. The topological polar surface area (TPSA) is 66.5 Å². The van der Waals surface area contributed by atoms with Gasteiger partial charge in [0.15, 0.2) is 0 Å². The molecule has 28 heavy (non-hydrogen) atoms. The Morgan fingerprint density at radius 1 is 0.893 bits per heavy atom. The molecule has 1 amide bonds. The number of aryl methyl sites for hydroxylation is 2. The maximum absolute atomic E-state index is 12.9. The Morgan fingerprint density at radius 3 is 2.29 bits per heavy atom. The van der Waals surface area contributed by atoms with E-state index >= 15 is 0 Å². The molecule has 0 atom stereocenters. The second-order valence-corrected chi connectivity index (χ2v) is 8.58. The number of sulfonamides is 1. The van der Waals surface area contributed by atoms with Gasteiger partial charge in [-0.05, 0) is 55.8 Å². The number of nitrogens with zero attached hydrogens (tertiary/aromatic N) is 1. The van der Waals surface area contributed by atoms with Gasteiger partial charge in [-0.2, -0.15) is 0 Å². The fourth-order valence-corrected chi connectivity index (χ4v) is 4.18. The van der Waals surface area contributed by atoms with Gasteiger partial charge in [0, 0.05) is 18.3 Å². The van der Waals surface area contributed by atoms with Gasteiger partial charge >= 0.3 is 0 Å². The zero-order valence-corrected chi connectivity index (χ0v) is 16.8. The Kier molecular flexibility index (Phi) is 5.51. The van der Waals surface area contributed by atoms with Crippen LogP contribution in [-0.4, -0.2) is 21.4 Å². The molecule has 0 bridgehead atoms. The summed E-state index contributed by atoms with van der Waals surface area (Å²) in [4.78, 5) is 12.7. The quantitative estimate of drug-likeness (QED) is 0.698. The molecule has 0 aliphatic carbocycles. The highest BCUT2D eigenvalue weighted by molar-refractivity contribution is 7.92. The zero-order chi connectivity index (χ0) is 20.3. The molecular formula is C22H22N2O3S. The third-order valence-electron chi connectivity index (χ3n) is 4.50. The number of carbonyl (C=O) groups is 1. The molecule has 6 heteroatoms. The van der Waals surface area contributed by atoms with Gasteiger partial charge in [-0.15, -0.1) is 0 Å². The smallest absolute Gasteiger partial charge is 0.264 e. The highest BCUT2D eigenvalue weighted by Crippen LogP contribution is 2.24. The average Bonchev–Trinajstić information content (AvgIpc) is 2.68. The number of hydrogen-bond acceptors (Lipinski definition) is 3. The van der Waals surface area contributed by atoms with Gasteiger partial charge in [0.1, 0.15) is 0 Å². The molecule has 0 aromatic heterocycles. The first kappa shape index (κ1) is 19.6. The van der Waals surface area contributed by atoms with Crippen molar-refractivity contribution in [3.8, 4) is 0 Å². The number of nitrogens with one attached hydrogen (secondary N) is 1. The Balaban J connectivity index is 1.87. The van der Waals surface area contributed by atoms with Crippen LogP contribution >= 0.6 is 0 Å². The van der Waals surface area contributed by atoms with E-state index in [4.69, 9.17) is 0 Å². The number of benzene rings is 3. The van der Waals surface area contributed by atoms with Crippen molar-refractivity contribution in [1.29, 1.82) is 0 Å². The zero-order valence-electron chi connectivity index (χ0n) is 16.0. The second-order valence-electron chi connectivity index (χ2n) is 6.61. The average molecular weight is 394 g/mol. The molecule has 0 saturated heterocycles. The second kappa shape index (κ2) is 7.86. The summed E-state index contributed by atoms with van der Waals surface area (Å²) >= 11 is 0. The van der Waals surface area contributed by atoms with E-state index in [2.05, 4.69) is 5.32 Å². The van der Waals surface area contributed by atoms with Crippen LogP contribution in [0.4, 0.5) is 11.4 Å². The monoisotopic (exact) mass is 394 g/mol. The Hall–Kier alpha value is -3.12. The first-order chi connectivity index (χ1) is 13.3. The van der Waals surface area contributed by atoms with E-state index < -0.39 is 10.0 Å². The van der Waals surface area contributed by atoms with Crippen molar-refractivity contribution in [2.45, 2.75) is 18.7 Å². The standard InChI is InChI=1S/C22H22N2O3S/c1-16-12-13-21(17(2)14-16)22(25)23-18-8-7-11-20(15-18)28(26,27)24(3)19-9-5-4-6-10-19/h4-15H,1-3H3,(H,23,25). The van der Waals surface area contributed by atoms with Crippen molar-refractivity contribution in [2.24, 2.45) is 0 Å². The summed E-state index contributed by atoms with van der Waals surface area (Å²) in [5, 5.41) is 2.79. The normalized spacial score (nSPS) is 11.1. The van der Waals surface area contributed by atoms with Crippen LogP contribution in [-0.2, 0) is 10.0 Å². The van der Waals surface area contributed by atoms with Gasteiger partial charge in [0.05, 0.1) is 10.6 Å². The molecule has 0 saturated carbocycles. The molecule has 1 N–H and O–H groups in total. The van der Waals surface area contributed by atoms with Crippen molar-refractivity contribution < 1.29 is 13.2 Å². The van der Waals surface area contributed by atoms with Crippen LogP contribution in [0.2, 0.25) is 0 Å². The summed E-state index contributed by atoms with van der Waals surface area (Å²) in [5.41, 5.74) is 3.48. The summed E-state index contributed by atoms with van der Waals surface area (Å²) in [6.07, 6.45) is 0. The van der Waals surface area contributed by atoms with E-state index in [0.29, 0.717) is 16.9 Å². The molecule has 0 fully saturated rings. The van der Waals surface area contributed by atoms with Crippen LogP contribution in [0.25, 0.3) is 0 Å². The minimum atomic E-state index is -3.75. The van der Waals surface area contributed by atoms with Gasteiger partial charge in [0.2, 0.25) is 0 Å². The molecule has 3 rings (SSSR count). The molecule has 5 nitrogen and oxygen atoms in total. The molecule has 144 valence electrons. The van der Waals surface area contributed by atoms with Crippen LogP contribution in [0, 0.1) is 13.8 Å². The summed E-state index contributed by atoms with van der Waals surface area (Å²) in [7, 11) is -2.24. The molecule has 0 aliphatic rings. The molecule has 0 spiro atoms. The van der Waals surface area contributed by atoms with Gasteiger partial charge < -0.3 is 5.32 Å². The fraction of sp³-hybridized carbons (Fsp3) is 0.136. The number of para-hydroxylation sites is 1. The maximum atomic E-state index is 12.9. The predicted molar refractivity (Wildman–Crippen MR) is 112 cm³/mol. The number of amides is 1. The lowest BCUT2D eigenvalue weighted by atomic mass is 10.1. The van der Waals surface area contributed by atoms with E-state index in [1.165, 1.54) is 23.5 Å². The van der Waals surface area contributed by atoms with Crippen molar-refractivity contribution in [3.05, 3.63) is 89.5 Å². The number of hydrogen-bond donors (Lipinski definition) is 1. The van der Waals surface area contributed by atoms with Crippen LogP contribution in [0.15, 0.2) is 77.7 Å².